The third kappa shape index (κ3) is 6.12. The summed E-state index contributed by atoms with van der Waals surface area (Å²) >= 11 is 0. The molecule has 6 nitrogen and oxygen atoms in total. The van der Waals surface area contributed by atoms with Crippen LogP contribution >= 0.6 is 24.8 Å². The van der Waals surface area contributed by atoms with Gasteiger partial charge in [0.25, 0.3) is 0 Å². The molecule has 3 N–H and O–H groups in total. The molecule has 24 heavy (non-hydrogen) atoms. The molecule has 0 radical (unpaired) electrons. The Hall–Kier alpha value is -1.02. The van der Waals surface area contributed by atoms with E-state index in [1.807, 2.05) is 36.9 Å². The number of nitrogens with two attached hydrogens (primary N) is 1. The number of nitrogens with zero attached hydrogens (tertiary/aromatic N) is 1. The SMILES string of the molecule is CC(C)[C@H](N)C(=O)Nc1cccc(N2CCS(=O)(=O)CC2)c1.Cl.Cl. The molecule has 1 amide bonds. The predicted octanol–water partition coefficient (Wildman–Crippen LogP) is 1.69. The van der Waals surface area contributed by atoms with Crippen LogP contribution in [-0.2, 0) is 14.6 Å². The molecule has 0 aromatic heterocycles. The van der Waals surface area contributed by atoms with Gasteiger partial charge in [0, 0.05) is 24.5 Å². The van der Waals surface area contributed by atoms with Crippen molar-refractivity contribution in [2.24, 2.45) is 11.7 Å². The van der Waals surface area contributed by atoms with E-state index in [1.165, 1.54) is 0 Å². The molecule has 1 atom stereocenters. The summed E-state index contributed by atoms with van der Waals surface area (Å²) in [4.78, 5) is 14.0. The molecule has 1 heterocycles. The quantitative estimate of drug-likeness (QED) is 0.805. The Kier molecular flexibility index (Phi) is 9.06. The van der Waals surface area contributed by atoms with Crippen LogP contribution in [0.2, 0.25) is 0 Å². The Morgan fingerprint density at radius 1 is 1.21 bits per heavy atom. The Morgan fingerprint density at radius 2 is 1.79 bits per heavy atom. The summed E-state index contributed by atoms with van der Waals surface area (Å²) in [6, 6.07) is 6.85. The topological polar surface area (TPSA) is 92.5 Å². The van der Waals surface area contributed by atoms with E-state index < -0.39 is 15.9 Å². The minimum atomic E-state index is -2.90. The van der Waals surface area contributed by atoms with Gasteiger partial charge in [0.2, 0.25) is 5.91 Å². The first kappa shape index (κ1) is 23.0. The fourth-order valence-corrected chi connectivity index (χ4v) is 3.48. The molecule has 1 aromatic carbocycles. The second-order valence-electron chi connectivity index (χ2n) is 5.95. The maximum Gasteiger partial charge on any atom is 0.241 e. The lowest BCUT2D eigenvalue weighted by Crippen LogP contribution is -2.40. The van der Waals surface area contributed by atoms with Gasteiger partial charge in [0.05, 0.1) is 17.5 Å². The molecular weight excluding hydrogens is 373 g/mol. The van der Waals surface area contributed by atoms with Gasteiger partial charge in [-0.25, -0.2) is 8.42 Å². The highest BCUT2D eigenvalue weighted by Gasteiger charge is 2.22. The van der Waals surface area contributed by atoms with Gasteiger partial charge in [-0.2, -0.15) is 0 Å². The van der Waals surface area contributed by atoms with Crippen LogP contribution < -0.4 is 16.0 Å². The lowest BCUT2D eigenvalue weighted by Gasteiger charge is -2.29. The zero-order valence-corrected chi connectivity index (χ0v) is 16.2. The van der Waals surface area contributed by atoms with Gasteiger partial charge in [0.15, 0.2) is 9.84 Å². The van der Waals surface area contributed by atoms with E-state index >= 15 is 0 Å². The monoisotopic (exact) mass is 397 g/mol. The number of amides is 1. The number of hydrogen-bond acceptors (Lipinski definition) is 5. The van der Waals surface area contributed by atoms with Crippen molar-refractivity contribution in [2.45, 2.75) is 19.9 Å². The average molecular weight is 398 g/mol. The second-order valence-corrected chi connectivity index (χ2v) is 8.25. The molecule has 1 fully saturated rings. The smallest absolute Gasteiger partial charge is 0.241 e. The van der Waals surface area contributed by atoms with Crippen LogP contribution in [0, 0.1) is 5.92 Å². The molecule has 0 bridgehead atoms. The number of carbonyl (C=O) groups is 1. The second kappa shape index (κ2) is 9.46. The lowest BCUT2D eigenvalue weighted by atomic mass is 10.0. The molecule has 2 rings (SSSR count). The summed E-state index contributed by atoms with van der Waals surface area (Å²) in [6.45, 7) is 4.75. The highest BCUT2D eigenvalue weighted by Crippen LogP contribution is 2.21. The fourth-order valence-electron chi connectivity index (χ4n) is 2.28. The van der Waals surface area contributed by atoms with Crippen molar-refractivity contribution in [2.75, 3.05) is 34.8 Å². The average Bonchev–Trinajstić information content (AvgIpc) is 2.46. The number of rotatable bonds is 4. The zero-order chi connectivity index (χ0) is 16.3. The van der Waals surface area contributed by atoms with Gasteiger partial charge in [-0.1, -0.05) is 19.9 Å². The summed E-state index contributed by atoms with van der Waals surface area (Å²) in [5, 5.41) is 2.81. The Labute approximate surface area is 155 Å². The molecule has 0 spiro atoms. The summed E-state index contributed by atoms with van der Waals surface area (Å²) in [5.74, 6) is 0.188. The number of sulfone groups is 1. The van der Waals surface area contributed by atoms with Crippen molar-refractivity contribution in [1.29, 1.82) is 0 Å². The molecule has 1 aromatic rings. The van der Waals surface area contributed by atoms with Crippen LogP contribution in [0.1, 0.15) is 13.8 Å². The van der Waals surface area contributed by atoms with Crippen LogP contribution in [0.25, 0.3) is 0 Å². The number of nitrogens with one attached hydrogen (secondary N) is 1. The van der Waals surface area contributed by atoms with E-state index in [2.05, 4.69) is 5.32 Å². The normalized spacial score (nSPS) is 17.4. The minimum Gasteiger partial charge on any atom is -0.369 e. The Balaban J connectivity index is 0.00000264. The number of hydrogen-bond donors (Lipinski definition) is 2. The highest BCUT2D eigenvalue weighted by atomic mass is 35.5. The zero-order valence-electron chi connectivity index (χ0n) is 13.8. The molecule has 1 aliphatic heterocycles. The van der Waals surface area contributed by atoms with E-state index in [9.17, 15) is 13.2 Å². The third-order valence-electron chi connectivity index (χ3n) is 3.84. The van der Waals surface area contributed by atoms with Crippen molar-refractivity contribution < 1.29 is 13.2 Å². The van der Waals surface area contributed by atoms with E-state index in [0.29, 0.717) is 18.8 Å². The van der Waals surface area contributed by atoms with Crippen LogP contribution in [0.4, 0.5) is 11.4 Å². The number of carbonyl (C=O) groups excluding carboxylic acids is 1. The van der Waals surface area contributed by atoms with E-state index in [1.54, 1.807) is 6.07 Å². The van der Waals surface area contributed by atoms with Gasteiger partial charge >= 0.3 is 0 Å². The summed E-state index contributed by atoms with van der Waals surface area (Å²) in [6.07, 6.45) is 0. The van der Waals surface area contributed by atoms with Crippen molar-refractivity contribution in [3.8, 4) is 0 Å². The standard InChI is InChI=1S/C15H23N3O3S.2ClH/c1-11(2)14(16)15(19)17-12-4-3-5-13(10-12)18-6-8-22(20,21)9-7-18;;/h3-5,10-11,14H,6-9,16H2,1-2H3,(H,17,19);2*1H/t14-;;/m0../s1. The highest BCUT2D eigenvalue weighted by molar-refractivity contribution is 7.91. The summed E-state index contributed by atoms with van der Waals surface area (Å²) in [7, 11) is -2.90. The maximum atomic E-state index is 12.0. The van der Waals surface area contributed by atoms with E-state index in [-0.39, 0.29) is 48.1 Å². The molecular formula is C15H25Cl2N3O3S. The first-order valence-corrected chi connectivity index (χ1v) is 9.22. The Bertz CT molecular complexity index is 639. The summed E-state index contributed by atoms with van der Waals surface area (Å²) < 4.78 is 23.0. The predicted molar refractivity (Wildman–Crippen MR) is 103 cm³/mol. The van der Waals surface area contributed by atoms with Crippen molar-refractivity contribution in [1.82, 2.24) is 0 Å². The van der Waals surface area contributed by atoms with Crippen molar-refractivity contribution in [3.05, 3.63) is 24.3 Å². The molecule has 138 valence electrons. The van der Waals surface area contributed by atoms with E-state index in [4.69, 9.17) is 5.73 Å². The molecule has 0 unspecified atom stereocenters. The fraction of sp³-hybridized carbons (Fsp3) is 0.533. The van der Waals surface area contributed by atoms with Crippen LogP contribution in [0.15, 0.2) is 24.3 Å². The first-order chi connectivity index (χ1) is 10.3. The van der Waals surface area contributed by atoms with Gasteiger partial charge < -0.3 is 16.0 Å². The number of anilines is 2. The number of halogens is 2. The molecule has 0 saturated carbocycles. The van der Waals surface area contributed by atoms with E-state index in [0.717, 1.165) is 5.69 Å². The van der Waals surface area contributed by atoms with Crippen LogP contribution in [-0.4, -0.2) is 45.0 Å². The lowest BCUT2D eigenvalue weighted by molar-refractivity contribution is -0.118. The van der Waals surface area contributed by atoms with Crippen LogP contribution in [0.5, 0.6) is 0 Å². The molecule has 0 aliphatic carbocycles. The van der Waals surface area contributed by atoms with Gasteiger partial charge in [-0.15, -0.1) is 24.8 Å². The van der Waals surface area contributed by atoms with Crippen molar-refractivity contribution >= 4 is 51.9 Å². The molecule has 1 aliphatic rings. The maximum absolute atomic E-state index is 12.0. The number of benzene rings is 1. The van der Waals surface area contributed by atoms with Gasteiger partial charge in [-0.3, -0.25) is 4.79 Å². The molecule has 1 saturated heterocycles. The molecule has 9 heteroatoms. The Morgan fingerprint density at radius 3 is 2.33 bits per heavy atom. The van der Waals surface area contributed by atoms with Crippen LogP contribution in [0.3, 0.4) is 0 Å². The third-order valence-corrected chi connectivity index (χ3v) is 5.45. The van der Waals surface area contributed by atoms with Crippen molar-refractivity contribution in [3.63, 3.8) is 0 Å². The summed E-state index contributed by atoms with van der Waals surface area (Å²) in [5.41, 5.74) is 7.41. The first-order valence-electron chi connectivity index (χ1n) is 7.40. The minimum absolute atomic E-state index is 0. The van der Waals surface area contributed by atoms with Gasteiger partial charge in [-0.05, 0) is 24.1 Å². The van der Waals surface area contributed by atoms with Gasteiger partial charge in [0.1, 0.15) is 0 Å². The largest absolute Gasteiger partial charge is 0.369 e.